The van der Waals surface area contributed by atoms with Crippen molar-refractivity contribution in [3.63, 3.8) is 0 Å². The van der Waals surface area contributed by atoms with Crippen LogP contribution in [0.4, 0.5) is 5.69 Å². The van der Waals surface area contributed by atoms with Gasteiger partial charge in [0.2, 0.25) is 0 Å². The van der Waals surface area contributed by atoms with Crippen LogP contribution in [-0.4, -0.2) is 27.1 Å². The summed E-state index contributed by atoms with van der Waals surface area (Å²) in [6.07, 6.45) is 1.72. The average molecular weight is 386 g/mol. The molecule has 0 spiro atoms. The maximum Gasteiger partial charge on any atom is 0.276 e. The lowest BCUT2D eigenvalue weighted by Crippen LogP contribution is -2.22. The minimum Gasteiger partial charge on any atom is -0.488 e. The van der Waals surface area contributed by atoms with E-state index in [-0.39, 0.29) is 18.2 Å². The summed E-state index contributed by atoms with van der Waals surface area (Å²) in [6, 6.07) is 13.6. The van der Waals surface area contributed by atoms with Crippen LogP contribution in [0.5, 0.6) is 5.75 Å². The van der Waals surface area contributed by atoms with Crippen LogP contribution < -0.4 is 4.74 Å². The molecule has 0 aromatic heterocycles. The molecule has 0 aliphatic carbocycles. The first-order valence-corrected chi connectivity index (χ1v) is 8.85. The molecule has 2 aromatic rings. The third-order valence-corrected chi connectivity index (χ3v) is 5.25. The molecule has 0 N–H and O–H groups in total. The molecule has 1 heterocycles. The second kappa shape index (κ2) is 7.67. The third kappa shape index (κ3) is 3.76. The summed E-state index contributed by atoms with van der Waals surface area (Å²) in [5, 5.41) is 11.1. The number of ether oxygens (including phenoxy) is 1. The fourth-order valence-corrected chi connectivity index (χ4v) is 3.55. The molecule has 0 unspecified atom stereocenters. The number of carbonyl (C=O) groups excluding carboxylic acids is 1. The number of amides is 1. The number of thioether (sulfide) groups is 1. The molecule has 1 saturated heterocycles. The van der Waals surface area contributed by atoms with E-state index < -0.39 is 4.92 Å². The standard InChI is InChI=1S/C18H14N2O4S2/c1-19-17(21)16(26-18(19)25)10-12-6-3-5-9-15(12)24-11-13-7-2-4-8-14(13)20(22)23/h2-10H,11H2,1H3/b16-10+. The number of thiocarbonyl (C=S) groups is 1. The Balaban J connectivity index is 1.84. The van der Waals surface area contributed by atoms with Crippen LogP contribution in [0.15, 0.2) is 53.4 Å². The summed E-state index contributed by atoms with van der Waals surface area (Å²) in [4.78, 5) is 24.8. The van der Waals surface area contributed by atoms with E-state index in [1.54, 1.807) is 43.5 Å². The molecule has 0 bridgehead atoms. The molecule has 0 radical (unpaired) electrons. The second-order valence-corrected chi connectivity index (χ2v) is 7.13. The number of benzene rings is 2. The van der Waals surface area contributed by atoms with Gasteiger partial charge in [0.15, 0.2) is 0 Å². The Morgan fingerprint density at radius 1 is 1.23 bits per heavy atom. The van der Waals surface area contributed by atoms with Gasteiger partial charge in [-0.1, -0.05) is 54.3 Å². The van der Waals surface area contributed by atoms with Gasteiger partial charge in [0.25, 0.3) is 11.6 Å². The van der Waals surface area contributed by atoms with Crippen molar-refractivity contribution in [3.05, 3.63) is 74.7 Å². The highest BCUT2D eigenvalue weighted by Crippen LogP contribution is 2.33. The zero-order chi connectivity index (χ0) is 18.7. The van der Waals surface area contributed by atoms with Crippen LogP contribution in [0.1, 0.15) is 11.1 Å². The van der Waals surface area contributed by atoms with Gasteiger partial charge in [-0.25, -0.2) is 0 Å². The maximum absolute atomic E-state index is 12.2. The summed E-state index contributed by atoms with van der Waals surface area (Å²) in [7, 11) is 1.63. The zero-order valence-electron chi connectivity index (χ0n) is 13.7. The lowest BCUT2D eigenvalue weighted by molar-refractivity contribution is -0.385. The van der Waals surface area contributed by atoms with Gasteiger partial charge in [0.05, 0.1) is 15.4 Å². The Morgan fingerprint density at radius 3 is 2.62 bits per heavy atom. The zero-order valence-corrected chi connectivity index (χ0v) is 15.4. The predicted molar refractivity (Wildman–Crippen MR) is 105 cm³/mol. The predicted octanol–water partition coefficient (Wildman–Crippen LogP) is 4.00. The molecule has 1 aliphatic heterocycles. The summed E-state index contributed by atoms with van der Waals surface area (Å²) in [5.41, 5.74) is 1.20. The van der Waals surface area contributed by atoms with E-state index in [0.717, 1.165) is 0 Å². The molecule has 0 atom stereocenters. The highest BCUT2D eigenvalue weighted by atomic mass is 32.2. The number of nitrogens with zero attached hydrogens (tertiary/aromatic N) is 2. The summed E-state index contributed by atoms with van der Waals surface area (Å²) in [5.74, 6) is 0.375. The Hall–Kier alpha value is -2.71. The molecule has 26 heavy (non-hydrogen) atoms. The third-order valence-electron chi connectivity index (χ3n) is 3.76. The van der Waals surface area contributed by atoms with Crippen LogP contribution in [-0.2, 0) is 11.4 Å². The molecule has 8 heteroatoms. The van der Waals surface area contributed by atoms with Gasteiger partial charge in [-0.2, -0.15) is 0 Å². The number of likely N-dealkylation sites (N-methyl/N-ethyl adjacent to an activating group) is 1. The number of nitro benzene ring substituents is 1. The first-order chi connectivity index (χ1) is 12.5. The van der Waals surface area contributed by atoms with Crippen molar-refractivity contribution in [1.82, 2.24) is 4.90 Å². The molecule has 1 fully saturated rings. The van der Waals surface area contributed by atoms with Crippen LogP contribution >= 0.6 is 24.0 Å². The summed E-state index contributed by atoms with van der Waals surface area (Å²) < 4.78 is 6.30. The lowest BCUT2D eigenvalue weighted by Gasteiger charge is -2.10. The van der Waals surface area contributed by atoms with Crippen LogP contribution in [0.25, 0.3) is 6.08 Å². The number of para-hydroxylation sites is 2. The van der Waals surface area contributed by atoms with Crippen molar-refractivity contribution in [1.29, 1.82) is 0 Å². The smallest absolute Gasteiger partial charge is 0.276 e. The van der Waals surface area contributed by atoms with Crippen LogP contribution in [0, 0.1) is 10.1 Å². The first-order valence-electron chi connectivity index (χ1n) is 7.63. The first kappa shape index (κ1) is 18.1. The van der Waals surface area contributed by atoms with Crippen molar-refractivity contribution in [3.8, 4) is 5.75 Å². The highest BCUT2D eigenvalue weighted by Gasteiger charge is 2.28. The van der Waals surface area contributed by atoms with E-state index >= 15 is 0 Å². The Labute approximate surface area is 159 Å². The molecular weight excluding hydrogens is 372 g/mol. The number of nitro groups is 1. The van der Waals surface area contributed by atoms with Crippen molar-refractivity contribution in [2.75, 3.05) is 7.05 Å². The minimum atomic E-state index is -0.433. The van der Waals surface area contributed by atoms with Gasteiger partial charge >= 0.3 is 0 Å². The molecule has 3 rings (SSSR count). The molecule has 6 nitrogen and oxygen atoms in total. The minimum absolute atomic E-state index is 0.0110. The highest BCUT2D eigenvalue weighted by molar-refractivity contribution is 8.26. The monoisotopic (exact) mass is 386 g/mol. The number of carbonyl (C=O) groups is 1. The SMILES string of the molecule is CN1C(=O)/C(=C\c2ccccc2OCc2ccccc2[N+](=O)[O-])SC1=S. The molecule has 1 amide bonds. The number of hydrogen-bond donors (Lipinski definition) is 0. The molecule has 2 aromatic carbocycles. The second-order valence-electron chi connectivity index (χ2n) is 5.45. The van der Waals surface area contributed by atoms with E-state index in [9.17, 15) is 14.9 Å². The van der Waals surface area contributed by atoms with Gasteiger partial charge in [-0.05, 0) is 18.2 Å². The van der Waals surface area contributed by atoms with Crippen LogP contribution in [0.3, 0.4) is 0 Å². The van der Waals surface area contributed by atoms with Crippen molar-refractivity contribution in [2.45, 2.75) is 6.61 Å². The fraction of sp³-hybridized carbons (Fsp3) is 0.111. The maximum atomic E-state index is 12.2. The van der Waals surface area contributed by atoms with Crippen molar-refractivity contribution < 1.29 is 14.5 Å². The molecular formula is C18H14N2O4S2. The van der Waals surface area contributed by atoms with Gasteiger partial charge < -0.3 is 4.74 Å². The Morgan fingerprint density at radius 2 is 1.92 bits per heavy atom. The van der Waals surface area contributed by atoms with Crippen molar-refractivity contribution >= 4 is 46.0 Å². The Kier molecular flexibility index (Phi) is 5.34. The number of rotatable bonds is 5. The van der Waals surface area contributed by atoms with Gasteiger partial charge in [0, 0.05) is 18.7 Å². The van der Waals surface area contributed by atoms with E-state index in [0.29, 0.717) is 26.1 Å². The van der Waals surface area contributed by atoms with E-state index in [2.05, 4.69) is 0 Å². The van der Waals surface area contributed by atoms with E-state index in [1.165, 1.54) is 22.7 Å². The van der Waals surface area contributed by atoms with Crippen molar-refractivity contribution in [2.24, 2.45) is 0 Å². The molecule has 1 aliphatic rings. The van der Waals surface area contributed by atoms with Gasteiger partial charge in [0.1, 0.15) is 16.7 Å². The van der Waals surface area contributed by atoms with Gasteiger partial charge in [-0.15, -0.1) is 0 Å². The molecule has 132 valence electrons. The average Bonchev–Trinajstić information content (AvgIpc) is 2.88. The quantitative estimate of drug-likeness (QED) is 0.335. The Bertz CT molecular complexity index is 927. The van der Waals surface area contributed by atoms with Gasteiger partial charge in [-0.3, -0.25) is 19.8 Å². The fourth-order valence-electron chi connectivity index (χ4n) is 2.38. The largest absolute Gasteiger partial charge is 0.488 e. The van der Waals surface area contributed by atoms with E-state index in [1.807, 2.05) is 12.1 Å². The van der Waals surface area contributed by atoms with Crippen LogP contribution in [0.2, 0.25) is 0 Å². The normalized spacial score (nSPS) is 15.6. The number of hydrogen-bond acceptors (Lipinski definition) is 6. The van der Waals surface area contributed by atoms with E-state index in [4.69, 9.17) is 17.0 Å². The summed E-state index contributed by atoms with van der Waals surface area (Å²) in [6.45, 7) is 0.0523. The lowest BCUT2D eigenvalue weighted by atomic mass is 10.1. The topological polar surface area (TPSA) is 72.7 Å². The molecule has 0 saturated carbocycles. The summed E-state index contributed by atoms with van der Waals surface area (Å²) >= 11 is 6.36.